The van der Waals surface area contributed by atoms with Gasteiger partial charge in [-0.1, -0.05) is 0 Å². The monoisotopic (exact) mass is 237 g/mol. The highest BCUT2D eigenvalue weighted by molar-refractivity contribution is 7.10. The topological polar surface area (TPSA) is 36.4 Å². The zero-order chi connectivity index (χ0) is 11.4. The molecule has 0 atom stereocenters. The summed E-state index contributed by atoms with van der Waals surface area (Å²) in [5.41, 5.74) is 1.34. The van der Waals surface area contributed by atoms with Crippen molar-refractivity contribution < 1.29 is 0 Å². The summed E-state index contributed by atoms with van der Waals surface area (Å²) in [6.07, 6.45) is 2.56. The molecule has 4 heteroatoms. The second-order valence-electron chi connectivity index (χ2n) is 4.14. The van der Waals surface area contributed by atoms with E-state index < -0.39 is 0 Å². The lowest BCUT2D eigenvalue weighted by atomic mass is 10.3. The lowest BCUT2D eigenvalue weighted by molar-refractivity contribution is 0.813. The van der Waals surface area contributed by atoms with Gasteiger partial charge in [0.15, 0.2) is 5.96 Å². The van der Waals surface area contributed by atoms with Crippen LogP contribution in [-0.4, -0.2) is 18.5 Å². The molecule has 3 nitrogen and oxygen atoms in total. The van der Waals surface area contributed by atoms with Gasteiger partial charge < -0.3 is 10.6 Å². The number of hydrogen-bond acceptors (Lipinski definition) is 2. The van der Waals surface area contributed by atoms with Crippen molar-refractivity contribution in [1.29, 1.82) is 0 Å². The van der Waals surface area contributed by atoms with E-state index in [0.29, 0.717) is 6.04 Å². The minimum atomic E-state index is 0.655. The van der Waals surface area contributed by atoms with E-state index in [2.05, 4.69) is 40.9 Å². The quantitative estimate of drug-likeness (QED) is 0.622. The van der Waals surface area contributed by atoms with E-state index in [-0.39, 0.29) is 0 Å². The van der Waals surface area contributed by atoms with Gasteiger partial charge >= 0.3 is 0 Å². The third-order valence-corrected chi connectivity index (χ3v) is 3.62. The van der Waals surface area contributed by atoms with Gasteiger partial charge in [0.05, 0.1) is 6.54 Å². The molecule has 0 radical (unpaired) electrons. The maximum atomic E-state index is 4.60. The van der Waals surface area contributed by atoms with Gasteiger partial charge in [-0.15, -0.1) is 11.3 Å². The lowest BCUT2D eigenvalue weighted by Gasteiger charge is -2.09. The Morgan fingerprint density at radius 1 is 1.56 bits per heavy atom. The molecule has 2 N–H and O–H groups in total. The Labute approximate surface area is 101 Å². The second kappa shape index (κ2) is 5.34. The van der Waals surface area contributed by atoms with Gasteiger partial charge in [-0.05, 0) is 43.7 Å². The Balaban J connectivity index is 1.93. The van der Waals surface area contributed by atoms with E-state index in [1.165, 1.54) is 23.3 Å². The Morgan fingerprint density at radius 3 is 2.94 bits per heavy atom. The second-order valence-corrected chi connectivity index (χ2v) is 5.14. The highest BCUT2D eigenvalue weighted by Gasteiger charge is 2.22. The molecule has 1 heterocycles. The molecule has 0 aromatic carbocycles. The van der Waals surface area contributed by atoms with Gasteiger partial charge in [0, 0.05) is 17.5 Å². The van der Waals surface area contributed by atoms with Gasteiger partial charge in [0.2, 0.25) is 0 Å². The van der Waals surface area contributed by atoms with E-state index in [1.807, 2.05) is 0 Å². The first kappa shape index (κ1) is 11.5. The van der Waals surface area contributed by atoms with Crippen LogP contribution in [0.2, 0.25) is 0 Å². The molecule has 16 heavy (non-hydrogen) atoms. The van der Waals surface area contributed by atoms with Crippen molar-refractivity contribution in [2.45, 2.75) is 39.3 Å². The molecule has 0 unspecified atom stereocenters. The molecule has 0 amide bonds. The van der Waals surface area contributed by atoms with Crippen LogP contribution in [0.1, 0.15) is 30.2 Å². The van der Waals surface area contributed by atoms with Gasteiger partial charge in [-0.2, -0.15) is 0 Å². The third-order valence-electron chi connectivity index (χ3n) is 2.61. The summed E-state index contributed by atoms with van der Waals surface area (Å²) >= 11 is 1.78. The molecular weight excluding hydrogens is 218 g/mol. The summed E-state index contributed by atoms with van der Waals surface area (Å²) in [5.74, 6) is 0.956. The van der Waals surface area contributed by atoms with Crippen LogP contribution in [0.5, 0.6) is 0 Å². The number of nitrogens with one attached hydrogen (secondary N) is 2. The average Bonchev–Trinajstić information content (AvgIpc) is 2.98. The van der Waals surface area contributed by atoms with Gasteiger partial charge in [-0.3, -0.25) is 0 Å². The van der Waals surface area contributed by atoms with Gasteiger partial charge in [0.25, 0.3) is 0 Å². The van der Waals surface area contributed by atoms with Crippen LogP contribution >= 0.6 is 11.3 Å². The standard InChI is InChI=1S/C12H19N3S/c1-3-13-12(15-10-4-5-10)14-8-11-9(2)6-7-16-11/h6-7,10H,3-5,8H2,1-2H3,(H2,13,14,15). The number of guanidine groups is 1. The van der Waals surface area contributed by atoms with Crippen molar-refractivity contribution in [1.82, 2.24) is 10.6 Å². The Hall–Kier alpha value is -1.03. The lowest BCUT2D eigenvalue weighted by Crippen LogP contribution is -2.38. The Bertz CT molecular complexity index is 366. The molecular formula is C12H19N3S. The highest BCUT2D eigenvalue weighted by Crippen LogP contribution is 2.19. The summed E-state index contributed by atoms with van der Waals surface area (Å²) in [7, 11) is 0. The summed E-state index contributed by atoms with van der Waals surface area (Å²) in [6.45, 7) is 5.94. The Kier molecular flexibility index (Phi) is 3.83. The molecule has 1 aliphatic rings. The highest BCUT2D eigenvalue weighted by atomic mass is 32.1. The number of rotatable bonds is 4. The van der Waals surface area contributed by atoms with E-state index >= 15 is 0 Å². The molecule has 2 rings (SSSR count). The van der Waals surface area contributed by atoms with Crippen LogP contribution < -0.4 is 10.6 Å². The molecule has 1 aromatic heterocycles. The van der Waals surface area contributed by atoms with E-state index in [1.54, 1.807) is 11.3 Å². The maximum absolute atomic E-state index is 4.60. The fourth-order valence-corrected chi connectivity index (χ4v) is 2.29. The fraction of sp³-hybridized carbons (Fsp3) is 0.583. The van der Waals surface area contributed by atoms with Crippen LogP contribution in [0, 0.1) is 6.92 Å². The van der Waals surface area contributed by atoms with Crippen molar-refractivity contribution in [3.8, 4) is 0 Å². The van der Waals surface area contributed by atoms with Crippen molar-refractivity contribution in [2.24, 2.45) is 4.99 Å². The molecule has 1 saturated carbocycles. The Morgan fingerprint density at radius 2 is 2.38 bits per heavy atom. The zero-order valence-electron chi connectivity index (χ0n) is 9.92. The van der Waals surface area contributed by atoms with Crippen molar-refractivity contribution in [3.05, 3.63) is 21.9 Å². The first-order valence-electron chi connectivity index (χ1n) is 5.87. The van der Waals surface area contributed by atoms with Crippen LogP contribution in [0.3, 0.4) is 0 Å². The molecule has 0 aliphatic heterocycles. The van der Waals surface area contributed by atoms with Gasteiger partial charge in [-0.25, -0.2) is 4.99 Å². The maximum Gasteiger partial charge on any atom is 0.191 e. The summed E-state index contributed by atoms with van der Waals surface area (Å²) in [6, 6.07) is 2.80. The van der Waals surface area contributed by atoms with Gasteiger partial charge in [0.1, 0.15) is 0 Å². The smallest absolute Gasteiger partial charge is 0.191 e. The molecule has 1 aromatic rings. The molecule has 1 fully saturated rings. The predicted molar refractivity (Wildman–Crippen MR) is 70.0 cm³/mol. The van der Waals surface area contributed by atoms with E-state index in [9.17, 15) is 0 Å². The number of thiophene rings is 1. The molecule has 0 bridgehead atoms. The summed E-state index contributed by atoms with van der Waals surface area (Å²) < 4.78 is 0. The average molecular weight is 237 g/mol. The first-order chi connectivity index (χ1) is 7.79. The van der Waals surface area contributed by atoms with Crippen LogP contribution in [-0.2, 0) is 6.54 Å². The fourth-order valence-electron chi connectivity index (χ4n) is 1.46. The first-order valence-corrected chi connectivity index (χ1v) is 6.75. The number of aliphatic imine (C=N–C) groups is 1. The van der Waals surface area contributed by atoms with Crippen LogP contribution in [0.25, 0.3) is 0 Å². The van der Waals surface area contributed by atoms with Crippen molar-refractivity contribution >= 4 is 17.3 Å². The largest absolute Gasteiger partial charge is 0.357 e. The number of aryl methyl sites for hydroxylation is 1. The van der Waals surface area contributed by atoms with Crippen LogP contribution in [0.4, 0.5) is 0 Å². The predicted octanol–water partition coefficient (Wildman–Crippen LogP) is 2.27. The van der Waals surface area contributed by atoms with E-state index in [4.69, 9.17) is 0 Å². The molecule has 1 aliphatic carbocycles. The third kappa shape index (κ3) is 3.23. The molecule has 88 valence electrons. The molecule has 0 saturated heterocycles. The normalized spacial score (nSPS) is 16.2. The minimum Gasteiger partial charge on any atom is -0.357 e. The summed E-state index contributed by atoms with van der Waals surface area (Å²) in [4.78, 5) is 5.96. The molecule has 0 spiro atoms. The van der Waals surface area contributed by atoms with Crippen molar-refractivity contribution in [2.75, 3.05) is 6.54 Å². The minimum absolute atomic E-state index is 0.655. The zero-order valence-corrected chi connectivity index (χ0v) is 10.7. The van der Waals surface area contributed by atoms with E-state index in [0.717, 1.165) is 19.0 Å². The van der Waals surface area contributed by atoms with Crippen molar-refractivity contribution in [3.63, 3.8) is 0 Å². The number of hydrogen-bond donors (Lipinski definition) is 2. The number of nitrogens with zero attached hydrogens (tertiary/aromatic N) is 1. The summed E-state index contributed by atoms with van der Waals surface area (Å²) in [5, 5.41) is 8.82. The van der Waals surface area contributed by atoms with Crippen LogP contribution in [0.15, 0.2) is 16.4 Å². The SMILES string of the molecule is CCNC(=NCc1sccc1C)NC1CC1.